The average Bonchev–Trinajstić information content (AvgIpc) is 2.44. The largest absolute Gasteiger partial charge is 0.480 e. The van der Waals surface area contributed by atoms with Crippen LogP contribution in [0, 0.1) is 0 Å². The van der Waals surface area contributed by atoms with Gasteiger partial charge in [-0.05, 0) is 24.1 Å². The SMILES string of the molecule is CC(=O)Nc1ccc(CC(=O)NC(CCC(N)=O)C(=O)O)cc1. The van der Waals surface area contributed by atoms with Crippen molar-refractivity contribution >= 4 is 29.4 Å². The van der Waals surface area contributed by atoms with Crippen LogP contribution in [0.2, 0.25) is 0 Å². The molecule has 1 rings (SSSR count). The van der Waals surface area contributed by atoms with E-state index in [1.54, 1.807) is 24.3 Å². The van der Waals surface area contributed by atoms with Crippen LogP contribution in [0.5, 0.6) is 0 Å². The maximum atomic E-state index is 11.9. The zero-order valence-electron chi connectivity index (χ0n) is 12.7. The fraction of sp³-hybridized carbons (Fsp3) is 0.333. The van der Waals surface area contributed by atoms with Gasteiger partial charge >= 0.3 is 5.97 Å². The monoisotopic (exact) mass is 321 g/mol. The molecule has 5 N–H and O–H groups in total. The molecule has 0 aliphatic heterocycles. The molecule has 0 aromatic heterocycles. The van der Waals surface area contributed by atoms with Crippen LogP contribution in [0.15, 0.2) is 24.3 Å². The second-order valence-electron chi connectivity index (χ2n) is 5.02. The van der Waals surface area contributed by atoms with Gasteiger partial charge in [0.2, 0.25) is 17.7 Å². The quantitative estimate of drug-likeness (QED) is 0.534. The third-order valence-electron chi connectivity index (χ3n) is 2.95. The smallest absolute Gasteiger partial charge is 0.326 e. The second kappa shape index (κ2) is 8.52. The Morgan fingerprint density at radius 3 is 2.26 bits per heavy atom. The number of nitrogens with one attached hydrogen (secondary N) is 2. The summed E-state index contributed by atoms with van der Waals surface area (Å²) < 4.78 is 0. The van der Waals surface area contributed by atoms with Crippen molar-refractivity contribution in [2.45, 2.75) is 32.2 Å². The fourth-order valence-corrected chi connectivity index (χ4v) is 1.88. The summed E-state index contributed by atoms with van der Waals surface area (Å²) in [5, 5.41) is 14.0. The van der Waals surface area contributed by atoms with Crippen molar-refractivity contribution in [3.05, 3.63) is 29.8 Å². The van der Waals surface area contributed by atoms with Gasteiger partial charge < -0.3 is 21.5 Å². The summed E-state index contributed by atoms with van der Waals surface area (Å²) in [6.07, 6.45) is -0.193. The number of anilines is 1. The Morgan fingerprint density at radius 2 is 1.78 bits per heavy atom. The predicted octanol–water partition coefficient (Wildman–Crippen LogP) is 0.0224. The van der Waals surface area contributed by atoms with Crippen molar-refractivity contribution in [1.29, 1.82) is 0 Å². The van der Waals surface area contributed by atoms with E-state index in [1.807, 2.05) is 0 Å². The van der Waals surface area contributed by atoms with E-state index >= 15 is 0 Å². The van der Waals surface area contributed by atoms with Gasteiger partial charge in [-0.3, -0.25) is 14.4 Å². The Morgan fingerprint density at radius 1 is 1.17 bits per heavy atom. The first-order chi connectivity index (χ1) is 10.8. The van der Waals surface area contributed by atoms with Gasteiger partial charge in [0.25, 0.3) is 0 Å². The number of nitrogens with two attached hydrogens (primary N) is 1. The zero-order valence-corrected chi connectivity index (χ0v) is 12.7. The van der Waals surface area contributed by atoms with Gasteiger partial charge in [0, 0.05) is 19.0 Å². The Kier molecular flexibility index (Phi) is 6.72. The van der Waals surface area contributed by atoms with Crippen LogP contribution in [0.1, 0.15) is 25.3 Å². The molecule has 0 bridgehead atoms. The Balaban J connectivity index is 2.58. The summed E-state index contributed by atoms with van der Waals surface area (Å²) in [6, 6.07) is 5.44. The van der Waals surface area contributed by atoms with E-state index in [1.165, 1.54) is 6.92 Å². The number of carboxylic acids is 1. The molecule has 8 nitrogen and oxygen atoms in total. The number of carboxylic acid groups (broad SMARTS) is 1. The maximum Gasteiger partial charge on any atom is 0.326 e. The second-order valence-corrected chi connectivity index (χ2v) is 5.02. The number of aliphatic carboxylic acids is 1. The van der Waals surface area contributed by atoms with Crippen molar-refractivity contribution < 1.29 is 24.3 Å². The maximum absolute atomic E-state index is 11.9. The Labute approximate surface area is 133 Å². The van der Waals surface area contributed by atoms with E-state index < -0.39 is 23.8 Å². The predicted molar refractivity (Wildman–Crippen MR) is 82.4 cm³/mol. The van der Waals surface area contributed by atoms with Crippen LogP contribution in [-0.4, -0.2) is 34.8 Å². The minimum absolute atomic E-state index is 0.0132. The van der Waals surface area contributed by atoms with Crippen LogP contribution in [0.3, 0.4) is 0 Å². The zero-order chi connectivity index (χ0) is 17.4. The normalized spacial score (nSPS) is 11.3. The van der Waals surface area contributed by atoms with E-state index in [0.29, 0.717) is 11.3 Å². The van der Waals surface area contributed by atoms with Crippen molar-refractivity contribution in [3.8, 4) is 0 Å². The van der Waals surface area contributed by atoms with Crippen LogP contribution < -0.4 is 16.4 Å². The summed E-state index contributed by atoms with van der Waals surface area (Å²) in [4.78, 5) is 44.5. The van der Waals surface area contributed by atoms with Gasteiger partial charge in [-0.2, -0.15) is 0 Å². The molecule has 0 aliphatic rings. The van der Waals surface area contributed by atoms with Crippen LogP contribution in [-0.2, 0) is 25.6 Å². The van der Waals surface area contributed by atoms with Gasteiger partial charge in [-0.15, -0.1) is 0 Å². The molecule has 1 aromatic carbocycles. The molecule has 8 heteroatoms. The number of carbonyl (C=O) groups excluding carboxylic acids is 3. The van der Waals surface area contributed by atoms with Crippen molar-refractivity contribution in [2.75, 3.05) is 5.32 Å². The number of hydrogen-bond donors (Lipinski definition) is 4. The van der Waals surface area contributed by atoms with E-state index in [0.717, 1.165) is 0 Å². The van der Waals surface area contributed by atoms with Crippen molar-refractivity contribution in [1.82, 2.24) is 5.32 Å². The van der Waals surface area contributed by atoms with Gasteiger partial charge in [-0.25, -0.2) is 4.79 Å². The lowest BCUT2D eigenvalue weighted by Gasteiger charge is -2.13. The van der Waals surface area contributed by atoms with Crippen molar-refractivity contribution in [2.24, 2.45) is 5.73 Å². The molecule has 0 heterocycles. The summed E-state index contributed by atoms with van der Waals surface area (Å²) in [7, 11) is 0. The molecule has 3 amide bonds. The molecule has 124 valence electrons. The lowest BCUT2D eigenvalue weighted by atomic mass is 10.1. The van der Waals surface area contributed by atoms with Crippen molar-refractivity contribution in [3.63, 3.8) is 0 Å². The summed E-state index contributed by atoms with van der Waals surface area (Å²) in [6.45, 7) is 1.39. The molecule has 1 unspecified atom stereocenters. The number of benzene rings is 1. The number of primary amides is 1. The Hall–Kier alpha value is -2.90. The number of hydrogen-bond acceptors (Lipinski definition) is 4. The van der Waals surface area contributed by atoms with Gasteiger partial charge in [-0.1, -0.05) is 12.1 Å². The van der Waals surface area contributed by atoms with E-state index in [2.05, 4.69) is 10.6 Å². The molecule has 0 saturated carbocycles. The molecule has 0 spiro atoms. The highest BCUT2D eigenvalue weighted by Gasteiger charge is 2.20. The average molecular weight is 321 g/mol. The summed E-state index contributed by atoms with van der Waals surface area (Å²) in [5.41, 5.74) is 6.24. The van der Waals surface area contributed by atoms with Gasteiger partial charge in [0.05, 0.1) is 6.42 Å². The van der Waals surface area contributed by atoms with E-state index in [-0.39, 0.29) is 25.2 Å². The molecule has 0 fully saturated rings. The van der Waals surface area contributed by atoms with Gasteiger partial charge in [0.1, 0.15) is 6.04 Å². The first-order valence-corrected chi connectivity index (χ1v) is 6.95. The molecule has 1 aromatic rings. The van der Waals surface area contributed by atoms with E-state index in [9.17, 15) is 19.2 Å². The third-order valence-corrected chi connectivity index (χ3v) is 2.95. The third kappa shape index (κ3) is 7.07. The lowest BCUT2D eigenvalue weighted by molar-refractivity contribution is -0.142. The first kappa shape index (κ1) is 18.1. The number of amides is 3. The molecule has 1 atom stereocenters. The Bertz CT molecular complexity index is 598. The summed E-state index contributed by atoms with van der Waals surface area (Å²) >= 11 is 0. The van der Waals surface area contributed by atoms with Crippen LogP contribution in [0.25, 0.3) is 0 Å². The molecule has 23 heavy (non-hydrogen) atoms. The lowest BCUT2D eigenvalue weighted by Crippen LogP contribution is -2.42. The first-order valence-electron chi connectivity index (χ1n) is 6.95. The highest BCUT2D eigenvalue weighted by Crippen LogP contribution is 2.10. The minimum atomic E-state index is -1.22. The standard InChI is InChI=1S/C15H19N3O5/c1-9(19)17-11-4-2-10(3-5-11)8-14(21)18-12(15(22)23)6-7-13(16)20/h2-5,12H,6-8H2,1H3,(H2,16,20)(H,17,19)(H,18,21)(H,22,23). The molecule has 0 radical (unpaired) electrons. The van der Waals surface area contributed by atoms with Crippen LogP contribution in [0.4, 0.5) is 5.69 Å². The fourth-order valence-electron chi connectivity index (χ4n) is 1.88. The molecular formula is C15H19N3O5. The minimum Gasteiger partial charge on any atom is -0.480 e. The molecular weight excluding hydrogens is 302 g/mol. The number of rotatable bonds is 8. The molecule has 0 saturated heterocycles. The number of carbonyl (C=O) groups is 4. The highest BCUT2D eigenvalue weighted by atomic mass is 16.4. The molecule has 0 aliphatic carbocycles. The summed E-state index contributed by atoms with van der Waals surface area (Å²) in [5.74, 6) is -2.52. The van der Waals surface area contributed by atoms with Crippen LogP contribution >= 0.6 is 0 Å². The van der Waals surface area contributed by atoms with E-state index in [4.69, 9.17) is 10.8 Å². The van der Waals surface area contributed by atoms with Gasteiger partial charge in [0.15, 0.2) is 0 Å². The highest BCUT2D eigenvalue weighted by molar-refractivity contribution is 5.89. The topological polar surface area (TPSA) is 139 Å².